The molecule has 130 valence electrons. The Labute approximate surface area is 147 Å². The van der Waals surface area contributed by atoms with Crippen LogP contribution in [0.3, 0.4) is 0 Å². The lowest BCUT2D eigenvalue weighted by atomic mass is 10.3. The summed E-state index contributed by atoms with van der Waals surface area (Å²) in [4.78, 5) is 5.55. The van der Waals surface area contributed by atoms with Crippen molar-refractivity contribution < 1.29 is 9.47 Å². The van der Waals surface area contributed by atoms with E-state index < -0.39 is 0 Å². The van der Waals surface area contributed by atoms with Crippen LogP contribution in [0.15, 0.2) is 46.8 Å². The molecule has 0 radical (unpaired) electrons. The van der Waals surface area contributed by atoms with Gasteiger partial charge in [-0.1, -0.05) is 12.1 Å². The summed E-state index contributed by atoms with van der Waals surface area (Å²) in [6.07, 6.45) is 0.880. The Kier molecular flexibility index (Phi) is 7.42. The largest absolute Gasteiger partial charge is 0.497 e. The van der Waals surface area contributed by atoms with Gasteiger partial charge in [0.25, 0.3) is 0 Å². The highest BCUT2D eigenvalue weighted by Gasteiger charge is 2.08. The lowest BCUT2D eigenvalue weighted by Gasteiger charge is -2.17. The Bertz CT molecular complexity index is 629. The molecule has 0 aliphatic rings. The van der Waals surface area contributed by atoms with Crippen molar-refractivity contribution in [3.05, 3.63) is 46.7 Å². The van der Waals surface area contributed by atoms with Crippen LogP contribution in [0.2, 0.25) is 0 Å². The molecule has 0 saturated carbocycles. The zero-order valence-electron chi connectivity index (χ0n) is 14.4. The van der Waals surface area contributed by atoms with Crippen molar-refractivity contribution in [2.75, 3.05) is 27.3 Å². The van der Waals surface area contributed by atoms with Crippen LogP contribution in [0, 0.1) is 0 Å². The van der Waals surface area contributed by atoms with Crippen LogP contribution in [-0.2, 0) is 0 Å². The molecule has 1 unspecified atom stereocenters. The molecule has 2 rings (SSSR count). The molecule has 6 heteroatoms. The van der Waals surface area contributed by atoms with Crippen molar-refractivity contribution in [2.45, 2.75) is 19.4 Å². The highest BCUT2D eigenvalue weighted by molar-refractivity contribution is 7.10. The van der Waals surface area contributed by atoms with Crippen LogP contribution in [0.5, 0.6) is 11.5 Å². The molecule has 2 aromatic rings. The van der Waals surface area contributed by atoms with Crippen molar-refractivity contribution in [3.8, 4) is 11.5 Å². The van der Waals surface area contributed by atoms with Gasteiger partial charge in [-0.15, -0.1) is 11.3 Å². The standard InChI is InChI=1S/C18H25N3O2S/c1-14(17-9-5-12-24-17)21-18(19-2)20-10-6-11-23-16-8-4-7-15(13-16)22-3/h4-5,7-9,12-14H,6,10-11H2,1-3H3,(H2,19,20,21). The smallest absolute Gasteiger partial charge is 0.191 e. The first kappa shape index (κ1) is 18.1. The summed E-state index contributed by atoms with van der Waals surface area (Å²) < 4.78 is 10.9. The Morgan fingerprint density at radius 1 is 1.25 bits per heavy atom. The van der Waals surface area contributed by atoms with E-state index in [0.29, 0.717) is 6.61 Å². The molecule has 0 saturated heterocycles. The normalized spacial score (nSPS) is 12.5. The van der Waals surface area contributed by atoms with Crippen molar-refractivity contribution in [1.29, 1.82) is 0 Å². The second kappa shape index (κ2) is 9.82. The van der Waals surface area contributed by atoms with Crippen LogP contribution in [0.4, 0.5) is 0 Å². The summed E-state index contributed by atoms with van der Waals surface area (Å²) in [7, 11) is 3.43. The SMILES string of the molecule is CN=C(NCCCOc1cccc(OC)c1)NC(C)c1cccs1. The number of guanidine groups is 1. The number of hydrogen-bond acceptors (Lipinski definition) is 4. The van der Waals surface area contributed by atoms with Gasteiger partial charge in [0.1, 0.15) is 11.5 Å². The third-order valence-electron chi connectivity index (χ3n) is 3.47. The minimum absolute atomic E-state index is 0.240. The molecule has 1 atom stereocenters. The first-order valence-corrected chi connectivity index (χ1v) is 8.88. The topological polar surface area (TPSA) is 54.9 Å². The summed E-state index contributed by atoms with van der Waals surface area (Å²) in [5.74, 6) is 2.43. The molecule has 0 aliphatic carbocycles. The van der Waals surface area contributed by atoms with Crippen LogP contribution in [-0.4, -0.2) is 33.3 Å². The van der Waals surface area contributed by atoms with E-state index >= 15 is 0 Å². The first-order chi connectivity index (χ1) is 11.7. The number of nitrogens with zero attached hydrogens (tertiary/aromatic N) is 1. The number of rotatable bonds is 8. The molecular formula is C18H25N3O2S. The Balaban J connectivity index is 1.66. The fourth-order valence-corrected chi connectivity index (χ4v) is 2.90. The van der Waals surface area contributed by atoms with Gasteiger partial charge in [-0.25, -0.2) is 0 Å². The predicted molar refractivity (Wildman–Crippen MR) is 100 cm³/mol. The van der Waals surface area contributed by atoms with Gasteiger partial charge in [-0.05, 0) is 36.9 Å². The second-order valence-corrected chi connectivity index (χ2v) is 6.24. The van der Waals surface area contributed by atoms with E-state index in [-0.39, 0.29) is 6.04 Å². The summed E-state index contributed by atoms with van der Waals surface area (Å²) in [5, 5.41) is 8.78. The lowest BCUT2D eigenvalue weighted by molar-refractivity contribution is 0.308. The van der Waals surface area contributed by atoms with Crippen LogP contribution >= 0.6 is 11.3 Å². The van der Waals surface area contributed by atoms with Gasteiger partial charge in [0.15, 0.2) is 5.96 Å². The van der Waals surface area contributed by atoms with E-state index in [4.69, 9.17) is 9.47 Å². The Morgan fingerprint density at radius 3 is 2.79 bits per heavy atom. The highest BCUT2D eigenvalue weighted by atomic mass is 32.1. The lowest BCUT2D eigenvalue weighted by Crippen LogP contribution is -2.39. The zero-order valence-corrected chi connectivity index (χ0v) is 15.2. The summed E-state index contributed by atoms with van der Waals surface area (Å²) in [5.41, 5.74) is 0. The summed E-state index contributed by atoms with van der Waals surface area (Å²) in [6.45, 7) is 3.56. The van der Waals surface area contributed by atoms with Crippen molar-refractivity contribution >= 4 is 17.3 Å². The Hall–Kier alpha value is -2.21. The fourth-order valence-electron chi connectivity index (χ4n) is 2.17. The van der Waals surface area contributed by atoms with Crippen LogP contribution in [0.25, 0.3) is 0 Å². The average Bonchev–Trinajstić information content (AvgIpc) is 3.15. The minimum Gasteiger partial charge on any atom is -0.497 e. The number of methoxy groups -OCH3 is 1. The molecule has 5 nitrogen and oxygen atoms in total. The zero-order chi connectivity index (χ0) is 17.2. The maximum Gasteiger partial charge on any atom is 0.191 e. The van der Waals surface area contributed by atoms with Crippen LogP contribution in [0.1, 0.15) is 24.3 Å². The molecule has 24 heavy (non-hydrogen) atoms. The first-order valence-electron chi connectivity index (χ1n) is 8.00. The molecule has 1 aromatic heterocycles. The molecule has 2 N–H and O–H groups in total. The number of hydrogen-bond donors (Lipinski definition) is 2. The van der Waals surface area contributed by atoms with Crippen molar-refractivity contribution in [2.24, 2.45) is 4.99 Å². The van der Waals surface area contributed by atoms with Crippen LogP contribution < -0.4 is 20.1 Å². The van der Waals surface area contributed by atoms with Gasteiger partial charge in [-0.2, -0.15) is 0 Å². The minimum atomic E-state index is 0.240. The number of thiophene rings is 1. The third kappa shape index (κ3) is 5.77. The summed E-state index contributed by atoms with van der Waals surface area (Å²) >= 11 is 1.74. The Morgan fingerprint density at radius 2 is 2.08 bits per heavy atom. The van der Waals surface area contributed by atoms with Gasteiger partial charge in [0, 0.05) is 24.5 Å². The van der Waals surface area contributed by atoms with E-state index in [1.165, 1.54) is 4.88 Å². The van der Waals surface area contributed by atoms with E-state index in [2.05, 4.69) is 40.1 Å². The van der Waals surface area contributed by atoms with Gasteiger partial charge < -0.3 is 20.1 Å². The number of ether oxygens (including phenoxy) is 2. The molecule has 1 aromatic carbocycles. The third-order valence-corrected chi connectivity index (χ3v) is 4.53. The number of nitrogens with one attached hydrogen (secondary N) is 2. The molecule has 0 fully saturated rings. The van der Waals surface area contributed by atoms with E-state index in [1.807, 2.05) is 24.3 Å². The molecule has 0 spiro atoms. The molecule has 1 heterocycles. The quantitative estimate of drug-likeness (QED) is 0.436. The van der Waals surface area contributed by atoms with E-state index in [1.54, 1.807) is 25.5 Å². The molecular weight excluding hydrogens is 322 g/mol. The maximum absolute atomic E-state index is 5.73. The highest BCUT2D eigenvalue weighted by Crippen LogP contribution is 2.19. The van der Waals surface area contributed by atoms with Crippen molar-refractivity contribution in [1.82, 2.24) is 10.6 Å². The number of benzene rings is 1. The second-order valence-electron chi connectivity index (χ2n) is 5.26. The predicted octanol–water partition coefficient (Wildman–Crippen LogP) is 3.45. The fraction of sp³-hybridized carbons (Fsp3) is 0.389. The van der Waals surface area contributed by atoms with Gasteiger partial charge >= 0.3 is 0 Å². The molecule has 0 amide bonds. The maximum atomic E-state index is 5.73. The molecule has 0 aliphatic heterocycles. The number of aliphatic imine (C=N–C) groups is 1. The van der Waals surface area contributed by atoms with Gasteiger partial charge in [0.2, 0.25) is 0 Å². The van der Waals surface area contributed by atoms with E-state index in [9.17, 15) is 0 Å². The van der Waals surface area contributed by atoms with Gasteiger partial charge in [0.05, 0.1) is 19.8 Å². The molecule has 0 bridgehead atoms. The summed E-state index contributed by atoms with van der Waals surface area (Å²) in [6, 6.07) is 12.1. The van der Waals surface area contributed by atoms with E-state index in [0.717, 1.165) is 30.4 Å². The van der Waals surface area contributed by atoms with Crippen molar-refractivity contribution in [3.63, 3.8) is 0 Å². The average molecular weight is 347 g/mol. The monoisotopic (exact) mass is 347 g/mol. The van der Waals surface area contributed by atoms with Gasteiger partial charge in [-0.3, -0.25) is 4.99 Å².